The number of ether oxygens (including phenoxy) is 2. The number of aliphatic hydroxyl groups excluding tert-OH is 1. The Hall–Kier alpha value is -2.86. The lowest BCUT2D eigenvalue weighted by Crippen LogP contribution is -2.21. The van der Waals surface area contributed by atoms with Crippen LogP contribution in [-0.2, 0) is 16.1 Å². The van der Waals surface area contributed by atoms with Crippen LogP contribution in [0.3, 0.4) is 0 Å². The van der Waals surface area contributed by atoms with Gasteiger partial charge in [-0.2, -0.15) is 0 Å². The van der Waals surface area contributed by atoms with Gasteiger partial charge in [0.2, 0.25) is 0 Å². The Balaban J connectivity index is 1.89. The monoisotopic (exact) mass is 329 g/mol. The average Bonchev–Trinajstić information content (AvgIpc) is 2.61. The summed E-state index contributed by atoms with van der Waals surface area (Å²) in [6, 6.07) is 13.3. The molecule has 0 radical (unpaired) electrons. The van der Waals surface area contributed by atoms with Gasteiger partial charge < -0.3 is 19.9 Å². The van der Waals surface area contributed by atoms with Crippen molar-refractivity contribution in [3.8, 4) is 5.75 Å². The molecule has 0 fully saturated rings. The molecule has 2 aromatic carbocycles. The van der Waals surface area contributed by atoms with Gasteiger partial charge in [-0.1, -0.05) is 24.3 Å². The molecule has 24 heavy (non-hydrogen) atoms. The second-order valence-electron chi connectivity index (χ2n) is 4.91. The molecule has 0 unspecified atom stereocenters. The molecule has 0 atom stereocenters. The normalized spacial score (nSPS) is 10.1. The van der Waals surface area contributed by atoms with Gasteiger partial charge >= 0.3 is 5.97 Å². The van der Waals surface area contributed by atoms with Crippen LogP contribution in [0.2, 0.25) is 0 Å². The van der Waals surface area contributed by atoms with Crippen molar-refractivity contribution >= 4 is 17.6 Å². The Morgan fingerprint density at radius 3 is 2.46 bits per heavy atom. The molecule has 0 aliphatic heterocycles. The minimum absolute atomic E-state index is 0.100. The van der Waals surface area contributed by atoms with Crippen LogP contribution in [0, 0.1) is 0 Å². The smallest absolute Gasteiger partial charge is 0.338 e. The summed E-state index contributed by atoms with van der Waals surface area (Å²) in [5, 5.41) is 11.6. The number of anilines is 1. The number of para-hydroxylation sites is 2. The van der Waals surface area contributed by atoms with Gasteiger partial charge in [0, 0.05) is 0 Å². The van der Waals surface area contributed by atoms with Crippen molar-refractivity contribution in [3.63, 3.8) is 0 Å². The number of nitrogens with one attached hydrogen (secondary N) is 1. The summed E-state index contributed by atoms with van der Waals surface area (Å²) in [6.07, 6.45) is 0. The molecule has 0 aromatic heterocycles. The SMILES string of the molecule is CCOc1ccccc1NC(=O)COC(=O)c1ccc(CO)cc1. The Morgan fingerprint density at radius 2 is 1.79 bits per heavy atom. The highest BCUT2D eigenvalue weighted by Crippen LogP contribution is 2.23. The van der Waals surface area contributed by atoms with E-state index in [1.807, 2.05) is 6.92 Å². The van der Waals surface area contributed by atoms with E-state index < -0.39 is 18.5 Å². The predicted molar refractivity (Wildman–Crippen MR) is 88.9 cm³/mol. The summed E-state index contributed by atoms with van der Waals surface area (Å²) < 4.78 is 10.4. The Kier molecular flexibility index (Phi) is 6.33. The van der Waals surface area contributed by atoms with Crippen molar-refractivity contribution in [1.82, 2.24) is 0 Å². The largest absolute Gasteiger partial charge is 0.492 e. The zero-order valence-corrected chi connectivity index (χ0v) is 13.3. The molecule has 0 spiro atoms. The van der Waals surface area contributed by atoms with Crippen molar-refractivity contribution < 1.29 is 24.2 Å². The highest BCUT2D eigenvalue weighted by molar-refractivity contribution is 5.96. The number of benzene rings is 2. The first-order chi connectivity index (χ1) is 11.6. The van der Waals surface area contributed by atoms with Crippen molar-refractivity contribution in [2.45, 2.75) is 13.5 Å². The van der Waals surface area contributed by atoms with Crippen LogP contribution in [0.1, 0.15) is 22.8 Å². The summed E-state index contributed by atoms with van der Waals surface area (Å²) in [7, 11) is 0. The van der Waals surface area contributed by atoms with Gasteiger partial charge in [-0.05, 0) is 36.8 Å². The number of hydrogen-bond donors (Lipinski definition) is 2. The lowest BCUT2D eigenvalue weighted by atomic mass is 10.1. The molecule has 126 valence electrons. The molecule has 0 aliphatic carbocycles. The molecular weight excluding hydrogens is 310 g/mol. The maximum Gasteiger partial charge on any atom is 0.338 e. The first kappa shape index (κ1) is 17.5. The first-order valence-electron chi connectivity index (χ1n) is 7.52. The zero-order chi connectivity index (χ0) is 17.4. The minimum Gasteiger partial charge on any atom is -0.492 e. The highest BCUT2D eigenvalue weighted by atomic mass is 16.5. The second-order valence-corrected chi connectivity index (χ2v) is 4.91. The summed E-state index contributed by atoms with van der Waals surface area (Å²) in [5.74, 6) is -0.505. The fourth-order valence-corrected chi connectivity index (χ4v) is 2.00. The molecule has 6 heteroatoms. The van der Waals surface area contributed by atoms with Crippen molar-refractivity contribution in [2.75, 3.05) is 18.5 Å². The van der Waals surface area contributed by atoms with E-state index in [0.717, 1.165) is 0 Å². The van der Waals surface area contributed by atoms with Gasteiger partial charge in [0.05, 0.1) is 24.5 Å². The summed E-state index contributed by atoms with van der Waals surface area (Å²) in [4.78, 5) is 23.8. The fourth-order valence-electron chi connectivity index (χ4n) is 2.00. The fraction of sp³-hybridized carbons (Fsp3) is 0.222. The molecule has 0 saturated heterocycles. The zero-order valence-electron chi connectivity index (χ0n) is 13.3. The van der Waals surface area contributed by atoms with E-state index >= 15 is 0 Å². The highest BCUT2D eigenvalue weighted by Gasteiger charge is 2.12. The molecular formula is C18H19NO5. The molecule has 6 nitrogen and oxygen atoms in total. The summed E-state index contributed by atoms with van der Waals surface area (Å²) in [6.45, 7) is 1.83. The van der Waals surface area contributed by atoms with Crippen LogP contribution in [-0.4, -0.2) is 30.2 Å². The molecule has 0 aliphatic rings. The quantitative estimate of drug-likeness (QED) is 0.762. The lowest BCUT2D eigenvalue weighted by Gasteiger charge is -2.11. The van der Waals surface area contributed by atoms with E-state index in [1.54, 1.807) is 36.4 Å². The van der Waals surface area contributed by atoms with Gasteiger partial charge in [-0.3, -0.25) is 4.79 Å². The summed E-state index contributed by atoms with van der Waals surface area (Å²) in [5.41, 5.74) is 1.53. The minimum atomic E-state index is -0.604. The van der Waals surface area contributed by atoms with Gasteiger partial charge in [-0.15, -0.1) is 0 Å². The number of rotatable bonds is 7. The van der Waals surface area contributed by atoms with E-state index in [0.29, 0.717) is 29.2 Å². The van der Waals surface area contributed by atoms with Crippen molar-refractivity contribution in [2.24, 2.45) is 0 Å². The van der Waals surface area contributed by atoms with Gasteiger partial charge in [-0.25, -0.2) is 4.79 Å². The maximum atomic E-state index is 11.9. The Bertz CT molecular complexity index is 697. The number of hydrogen-bond acceptors (Lipinski definition) is 5. The average molecular weight is 329 g/mol. The van der Waals surface area contributed by atoms with Crippen molar-refractivity contribution in [3.05, 3.63) is 59.7 Å². The summed E-state index contributed by atoms with van der Waals surface area (Å²) >= 11 is 0. The Morgan fingerprint density at radius 1 is 1.08 bits per heavy atom. The predicted octanol–water partition coefficient (Wildman–Crippen LogP) is 2.37. The van der Waals surface area contributed by atoms with Crippen LogP contribution in [0.4, 0.5) is 5.69 Å². The molecule has 0 bridgehead atoms. The van der Waals surface area contributed by atoms with Gasteiger partial charge in [0.15, 0.2) is 6.61 Å². The molecule has 1 amide bonds. The first-order valence-corrected chi connectivity index (χ1v) is 7.52. The topological polar surface area (TPSA) is 84.9 Å². The van der Waals surface area contributed by atoms with Gasteiger partial charge in [0.1, 0.15) is 5.75 Å². The number of carbonyl (C=O) groups excluding carboxylic acids is 2. The van der Waals surface area contributed by atoms with Crippen molar-refractivity contribution in [1.29, 1.82) is 0 Å². The number of carbonyl (C=O) groups is 2. The van der Waals surface area contributed by atoms with Crippen LogP contribution >= 0.6 is 0 Å². The second kappa shape index (κ2) is 8.69. The number of aliphatic hydroxyl groups is 1. The molecule has 0 saturated carbocycles. The van der Waals surface area contributed by atoms with Gasteiger partial charge in [0.25, 0.3) is 5.91 Å². The van der Waals surface area contributed by atoms with E-state index in [-0.39, 0.29) is 6.61 Å². The van der Waals surface area contributed by atoms with Crippen LogP contribution in [0.25, 0.3) is 0 Å². The third-order valence-corrected chi connectivity index (χ3v) is 3.17. The molecule has 0 heterocycles. The maximum absolute atomic E-state index is 11.9. The van der Waals surface area contributed by atoms with E-state index in [1.165, 1.54) is 12.1 Å². The van der Waals surface area contributed by atoms with Crippen LogP contribution < -0.4 is 10.1 Å². The molecule has 2 N–H and O–H groups in total. The van der Waals surface area contributed by atoms with Crippen LogP contribution in [0.5, 0.6) is 5.75 Å². The van der Waals surface area contributed by atoms with E-state index in [4.69, 9.17) is 14.6 Å². The number of amides is 1. The van der Waals surface area contributed by atoms with Crippen LogP contribution in [0.15, 0.2) is 48.5 Å². The standard InChI is InChI=1S/C18H19NO5/c1-2-23-16-6-4-3-5-15(16)19-17(21)12-24-18(22)14-9-7-13(11-20)8-10-14/h3-10,20H,2,11-12H2,1H3,(H,19,21). The van der Waals surface area contributed by atoms with E-state index in [2.05, 4.69) is 5.32 Å². The lowest BCUT2D eigenvalue weighted by molar-refractivity contribution is -0.119. The third-order valence-electron chi connectivity index (χ3n) is 3.17. The third kappa shape index (κ3) is 4.82. The molecule has 2 aromatic rings. The molecule has 2 rings (SSSR count). The number of esters is 1. The Labute approximate surface area is 140 Å². The van der Waals surface area contributed by atoms with E-state index in [9.17, 15) is 9.59 Å².